The Morgan fingerprint density at radius 3 is 2.15 bits per heavy atom. The van der Waals surface area contributed by atoms with Gasteiger partial charge in [0, 0.05) is 32.1 Å². The third kappa shape index (κ3) is 5.05. The molecule has 0 radical (unpaired) electrons. The second-order valence-electron chi connectivity index (χ2n) is 8.30. The molecule has 8 heteroatoms. The summed E-state index contributed by atoms with van der Waals surface area (Å²) in [5, 5.41) is 2.98. The second kappa shape index (κ2) is 9.85. The van der Waals surface area contributed by atoms with E-state index in [1.807, 2.05) is 29.2 Å². The molecule has 0 saturated carbocycles. The molecule has 2 heterocycles. The van der Waals surface area contributed by atoms with Crippen LogP contribution in [-0.2, 0) is 16.0 Å². The van der Waals surface area contributed by atoms with Crippen LogP contribution in [0.25, 0.3) is 0 Å². The molecule has 1 N–H and O–H groups in total. The minimum absolute atomic E-state index is 0.0234. The van der Waals surface area contributed by atoms with Crippen LogP contribution < -0.4 is 10.1 Å². The summed E-state index contributed by atoms with van der Waals surface area (Å²) in [7, 11) is 1.60. The van der Waals surface area contributed by atoms with Gasteiger partial charge < -0.3 is 15.0 Å². The maximum absolute atomic E-state index is 12.6. The summed E-state index contributed by atoms with van der Waals surface area (Å²) >= 11 is 0. The quantitative estimate of drug-likeness (QED) is 0.653. The van der Waals surface area contributed by atoms with Gasteiger partial charge in [-0.15, -0.1) is 0 Å². The smallest absolute Gasteiger partial charge is 0.261 e. The van der Waals surface area contributed by atoms with Crippen LogP contribution in [-0.4, -0.2) is 66.2 Å². The Morgan fingerprint density at radius 1 is 0.970 bits per heavy atom. The summed E-state index contributed by atoms with van der Waals surface area (Å²) in [5.74, 6) is -0.0879. The van der Waals surface area contributed by atoms with Gasteiger partial charge in [-0.25, -0.2) is 0 Å². The number of benzene rings is 2. The number of amides is 4. The van der Waals surface area contributed by atoms with Crippen molar-refractivity contribution >= 4 is 23.6 Å². The Balaban J connectivity index is 1.20. The van der Waals surface area contributed by atoms with Crippen molar-refractivity contribution in [1.82, 2.24) is 15.1 Å². The lowest BCUT2D eigenvalue weighted by atomic mass is 10.0. The maximum atomic E-state index is 12.6. The topological polar surface area (TPSA) is 96.0 Å². The van der Waals surface area contributed by atoms with Gasteiger partial charge in [0.25, 0.3) is 11.8 Å². The predicted molar refractivity (Wildman–Crippen MR) is 121 cm³/mol. The molecule has 2 aliphatic rings. The van der Waals surface area contributed by atoms with Gasteiger partial charge in [0.15, 0.2) is 0 Å². The van der Waals surface area contributed by atoms with Crippen LogP contribution >= 0.6 is 0 Å². The summed E-state index contributed by atoms with van der Waals surface area (Å²) in [4.78, 5) is 52.8. The van der Waals surface area contributed by atoms with E-state index >= 15 is 0 Å². The van der Waals surface area contributed by atoms with Crippen LogP contribution in [0, 0.1) is 0 Å². The lowest BCUT2D eigenvalue weighted by Gasteiger charge is -2.32. The Labute approximate surface area is 192 Å². The lowest BCUT2D eigenvalue weighted by molar-refractivity contribution is -0.131. The van der Waals surface area contributed by atoms with Crippen LogP contribution in [0.2, 0.25) is 0 Å². The Kier molecular flexibility index (Phi) is 6.72. The van der Waals surface area contributed by atoms with E-state index in [4.69, 9.17) is 4.74 Å². The molecule has 8 nitrogen and oxygen atoms in total. The molecule has 0 atom stereocenters. The molecule has 4 amide bonds. The predicted octanol–water partition coefficient (Wildman–Crippen LogP) is 2.03. The summed E-state index contributed by atoms with van der Waals surface area (Å²) in [6, 6.07) is 14.1. The van der Waals surface area contributed by atoms with E-state index in [-0.39, 0.29) is 42.6 Å². The largest absolute Gasteiger partial charge is 0.497 e. The highest BCUT2D eigenvalue weighted by atomic mass is 16.5. The summed E-state index contributed by atoms with van der Waals surface area (Å²) < 4.78 is 5.14. The van der Waals surface area contributed by atoms with E-state index in [0.29, 0.717) is 43.5 Å². The monoisotopic (exact) mass is 449 g/mol. The van der Waals surface area contributed by atoms with E-state index < -0.39 is 0 Å². The van der Waals surface area contributed by atoms with E-state index in [1.165, 1.54) is 0 Å². The van der Waals surface area contributed by atoms with Crippen LogP contribution in [0.3, 0.4) is 0 Å². The Bertz CT molecular complexity index is 1020. The van der Waals surface area contributed by atoms with Crippen molar-refractivity contribution in [3.63, 3.8) is 0 Å². The van der Waals surface area contributed by atoms with E-state index in [2.05, 4.69) is 5.32 Å². The molecule has 0 unspecified atom stereocenters. The van der Waals surface area contributed by atoms with Crippen molar-refractivity contribution in [2.75, 3.05) is 26.7 Å². The Morgan fingerprint density at radius 2 is 1.58 bits per heavy atom. The summed E-state index contributed by atoms with van der Waals surface area (Å²) in [5.41, 5.74) is 1.70. The normalized spacial score (nSPS) is 16.0. The summed E-state index contributed by atoms with van der Waals surface area (Å²) in [6.07, 6.45) is 1.74. The van der Waals surface area contributed by atoms with Gasteiger partial charge in [0.1, 0.15) is 5.75 Å². The van der Waals surface area contributed by atoms with Crippen LogP contribution in [0.4, 0.5) is 0 Å². The third-order valence-corrected chi connectivity index (χ3v) is 6.17. The minimum atomic E-state index is -0.355. The van der Waals surface area contributed by atoms with Crippen molar-refractivity contribution < 1.29 is 23.9 Å². The molecule has 33 heavy (non-hydrogen) atoms. The molecule has 1 fully saturated rings. The van der Waals surface area contributed by atoms with Crippen molar-refractivity contribution in [2.24, 2.45) is 0 Å². The number of nitrogens with zero attached hydrogens (tertiary/aromatic N) is 2. The van der Waals surface area contributed by atoms with Crippen LogP contribution in [0.1, 0.15) is 45.5 Å². The number of methoxy groups -OCH3 is 1. The fourth-order valence-electron chi connectivity index (χ4n) is 4.26. The number of imide groups is 1. The number of fused-ring (bicyclic) bond motifs is 1. The van der Waals surface area contributed by atoms with Crippen molar-refractivity contribution in [3.8, 4) is 5.75 Å². The molecule has 0 aliphatic carbocycles. The first-order valence-corrected chi connectivity index (χ1v) is 11.1. The zero-order valence-corrected chi connectivity index (χ0v) is 18.6. The van der Waals surface area contributed by atoms with Gasteiger partial charge in [0.2, 0.25) is 11.8 Å². The van der Waals surface area contributed by atoms with Crippen molar-refractivity contribution in [2.45, 2.75) is 31.7 Å². The number of carbonyl (C=O) groups is 4. The zero-order chi connectivity index (χ0) is 23.4. The number of ether oxygens (including phenoxy) is 1. The second-order valence-corrected chi connectivity index (χ2v) is 8.30. The fraction of sp³-hybridized carbons (Fsp3) is 0.360. The van der Waals surface area contributed by atoms with Gasteiger partial charge in [0.05, 0.1) is 24.7 Å². The third-order valence-electron chi connectivity index (χ3n) is 6.17. The number of piperidine rings is 1. The number of hydrogen-bond acceptors (Lipinski definition) is 5. The van der Waals surface area contributed by atoms with E-state index in [1.54, 1.807) is 31.4 Å². The SMILES string of the molecule is COc1ccc(CC(=O)N2CCC(NC(=O)CCN3C(=O)c4ccccc4C3=O)CC2)cc1. The first-order valence-electron chi connectivity index (χ1n) is 11.1. The first-order chi connectivity index (χ1) is 16.0. The van der Waals surface area contributed by atoms with Gasteiger partial charge in [-0.05, 0) is 42.7 Å². The van der Waals surface area contributed by atoms with E-state index in [9.17, 15) is 19.2 Å². The first kappa shape index (κ1) is 22.5. The maximum Gasteiger partial charge on any atom is 0.261 e. The van der Waals surface area contributed by atoms with E-state index in [0.717, 1.165) is 16.2 Å². The van der Waals surface area contributed by atoms with Gasteiger partial charge >= 0.3 is 0 Å². The average molecular weight is 450 g/mol. The van der Waals surface area contributed by atoms with Crippen molar-refractivity contribution in [1.29, 1.82) is 0 Å². The number of carbonyl (C=O) groups excluding carboxylic acids is 4. The highest BCUT2D eigenvalue weighted by Gasteiger charge is 2.35. The molecule has 0 bridgehead atoms. The molecule has 1 saturated heterocycles. The minimum Gasteiger partial charge on any atom is -0.497 e. The van der Waals surface area contributed by atoms with Gasteiger partial charge in [-0.1, -0.05) is 24.3 Å². The number of rotatable bonds is 7. The van der Waals surface area contributed by atoms with Crippen LogP contribution in [0.15, 0.2) is 48.5 Å². The molecule has 2 aliphatic heterocycles. The number of nitrogens with one attached hydrogen (secondary N) is 1. The highest BCUT2D eigenvalue weighted by Crippen LogP contribution is 2.22. The zero-order valence-electron chi connectivity index (χ0n) is 18.6. The lowest BCUT2D eigenvalue weighted by Crippen LogP contribution is -2.47. The fourth-order valence-corrected chi connectivity index (χ4v) is 4.26. The molecule has 0 aromatic heterocycles. The molecular weight excluding hydrogens is 422 g/mol. The van der Waals surface area contributed by atoms with Gasteiger partial charge in [-0.2, -0.15) is 0 Å². The number of hydrogen-bond donors (Lipinski definition) is 1. The molecule has 4 rings (SSSR count). The Hall–Kier alpha value is -3.68. The van der Waals surface area contributed by atoms with Gasteiger partial charge in [-0.3, -0.25) is 24.1 Å². The molecule has 2 aromatic rings. The standard InChI is InChI=1S/C25H27N3O5/c1-33-19-8-6-17(7-9-19)16-23(30)27-13-10-18(11-14-27)26-22(29)12-15-28-24(31)20-4-2-3-5-21(20)25(28)32/h2-9,18H,10-16H2,1H3,(H,26,29). The molecule has 0 spiro atoms. The number of likely N-dealkylation sites (tertiary alicyclic amines) is 1. The average Bonchev–Trinajstić information content (AvgIpc) is 3.08. The molecule has 2 aromatic carbocycles. The molecule has 172 valence electrons. The van der Waals surface area contributed by atoms with Crippen LogP contribution in [0.5, 0.6) is 5.75 Å². The molecular formula is C25H27N3O5. The summed E-state index contributed by atoms with van der Waals surface area (Å²) in [6.45, 7) is 1.22. The van der Waals surface area contributed by atoms with Crippen molar-refractivity contribution in [3.05, 3.63) is 65.2 Å². The highest BCUT2D eigenvalue weighted by molar-refractivity contribution is 6.21.